The van der Waals surface area contributed by atoms with Gasteiger partial charge in [-0.15, -0.1) is 0 Å². The predicted molar refractivity (Wildman–Crippen MR) is 54.0 cm³/mol. The average molecular weight is 238 g/mol. The van der Waals surface area contributed by atoms with Gasteiger partial charge in [0.2, 0.25) is 0 Å². The molecule has 0 saturated carbocycles. The molecular weight excluding hydrogens is 223 g/mol. The smallest absolute Gasteiger partial charge is 0.0344 e. The van der Waals surface area contributed by atoms with Gasteiger partial charge in [0.05, 0.1) is 0 Å². The Bertz CT molecular complexity index is 192. The highest BCUT2D eigenvalue weighted by atomic mass is 79.9. The maximum absolute atomic E-state index is 6.17. The standard InChI is InChI=1S/C9H14BrCl/c1-8(2)5-9(3,4)7(11)6(8)10/h5H2,1-4H3. The van der Waals surface area contributed by atoms with E-state index in [9.17, 15) is 0 Å². The van der Waals surface area contributed by atoms with Crippen LogP contribution in [0.5, 0.6) is 0 Å². The summed E-state index contributed by atoms with van der Waals surface area (Å²) in [5.41, 5.74) is 0.379. The van der Waals surface area contributed by atoms with Gasteiger partial charge in [0.1, 0.15) is 0 Å². The Labute approximate surface area is 82.1 Å². The summed E-state index contributed by atoms with van der Waals surface area (Å²) in [5.74, 6) is 0. The number of halogens is 2. The molecule has 0 atom stereocenters. The first-order valence-corrected chi connectivity index (χ1v) is 5.01. The minimum atomic E-state index is 0.157. The van der Waals surface area contributed by atoms with Gasteiger partial charge in [-0.25, -0.2) is 0 Å². The first kappa shape index (κ1) is 9.60. The Morgan fingerprint density at radius 3 is 1.73 bits per heavy atom. The summed E-state index contributed by atoms with van der Waals surface area (Å²) in [5, 5.41) is 0.988. The molecule has 1 rings (SSSR count). The highest BCUT2D eigenvalue weighted by molar-refractivity contribution is 9.11. The van der Waals surface area contributed by atoms with E-state index in [0.717, 1.165) is 11.5 Å². The molecule has 0 amide bonds. The maximum atomic E-state index is 6.17. The fourth-order valence-corrected chi connectivity index (χ4v) is 2.85. The summed E-state index contributed by atoms with van der Waals surface area (Å²) in [6.45, 7) is 8.80. The SMILES string of the molecule is CC1(C)CC(C)(C)C(Br)=C1Cl. The number of hydrogen-bond donors (Lipinski definition) is 0. The average Bonchev–Trinajstić information content (AvgIpc) is 1.91. The van der Waals surface area contributed by atoms with Crippen LogP contribution in [0.4, 0.5) is 0 Å². The summed E-state index contributed by atoms with van der Waals surface area (Å²) >= 11 is 9.72. The largest absolute Gasteiger partial charge is 0.0877 e. The van der Waals surface area contributed by atoms with Crippen LogP contribution < -0.4 is 0 Å². The van der Waals surface area contributed by atoms with Crippen LogP contribution in [0.1, 0.15) is 34.1 Å². The van der Waals surface area contributed by atoms with Crippen molar-refractivity contribution >= 4 is 27.5 Å². The number of rotatable bonds is 0. The van der Waals surface area contributed by atoms with Crippen molar-refractivity contribution in [2.24, 2.45) is 10.8 Å². The maximum Gasteiger partial charge on any atom is 0.0344 e. The quantitative estimate of drug-likeness (QED) is 0.590. The van der Waals surface area contributed by atoms with Gasteiger partial charge >= 0.3 is 0 Å². The van der Waals surface area contributed by atoms with E-state index in [-0.39, 0.29) is 10.8 Å². The zero-order valence-electron chi connectivity index (χ0n) is 7.46. The van der Waals surface area contributed by atoms with Crippen molar-refractivity contribution in [2.75, 3.05) is 0 Å². The summed E-state index contributed by atoms with van der Waals surface area (Å²) < 4.78 is 1.18. The minimum absolute atomic E-state index is 0.157. The van der Waals surface area contributed by atoms with Gasteiger partial charge in [0.25, 0.3) is 0 Å². The number of allylic oxidation sites excluding steroid dienone is 2. The monoisotopic (exact) mass is 236 g/mol. The molecule has 0 bridgehead atoms. The molecule has 0 fully saturated rings. The molecule has 0 N–H and O–H groups in total. The molecule has 1 aliphatic carbocycles. The van der Waals surface area contributed by atoms with Crippen LogP contribution in [0.3, 0.4) is 0 Å². The van der Waals surface area contributed by atoms with Crippen molar-refractivity contribution in [3.8, 4) is 0 Å². The number of hydrogen-bond acceptors (Lipinski definition) is 0. The molecule has 0 spiro atoms. The Balaban J connectivity index is 3.09. The van der Waals surface area contributed by atoms with Gasteiger partial charge in [-0.3, -0.25) is 0 Å². The lowest BCUT2D eigenvalue weighted by Crippen LogP contribution is -2.13. The van der Waals surface area contributed by atoms with Gasteiger partial charge < -0.3 is 0 Å². The summed E-state index contributed by atoms with van der Waals surface area (Å²) in [7, 11) is 0. The van der Waals surface area contributed by atoms with Crippen LogP contribution in [0.25, 0.3) is 0 Å². The predicted octanol–water partition coefficient (Wildman–Crippen LogP) is 4.29. The zero-order chi connectivity index (χ0) is 8.86. The van der Waals surface area contributed by atoms with Gasteiger partial charge in [-0.2, -0.15) is 0 Å². The van der Waals surface area contributed by atoms with Gasteiger partial charge in [-0.1, -0.05) is 55.2 Å². The molecule has 64 valence electrons. The molecular formula is C9H14BrCl. The molecule has 0 heterocycles. The van der Waals surface area contributed by atoms with Crippen LogP contribution in [0.2, 0.25) is 0 Å². The third kappa shape index (κ3) is 1.50. The third-order valence-electron chi connectivity index (χ3n) is 2.26. The van der Waals surface area contributed by atoms with E-state index in [1.807, 2.05) is 0 Å². The minimum Gasteiger partial charge on any atom is -0.0877 e. The van der Waals surface area contributed by atoms with E-state index in [2.05, 4.69) is 43.6 Å². The van der Waals surface area contributed by atoms with Gasteiger partial charge in [0, 0.05) is 14.9 Å². The van der Waals surface area contributed by atoms with Crippen LogP contribution in [0, 0.1) is 10.8 Å². The molecule has 2 heteroatoms. The fraction of sp³-hybridized carbons (Fsp3) is 0.778. The van der Waals surface area contributed by atoms with Crippen LogP contribution in [-0.2, 0) is 0 Å². The lowest BCUT2D eigenvalue weighted by Gasteiger charge is -2.23. The third-order valence-corrected chi connectivity index (χ3v) is 4.66. The van der Waals surface area contributed by atoms with E-state index in [1.54, 1.807) is 0 Å². The fourth-order valence-electron chi connectivity index (χ4n) is 1.85. The Morgan fingerprint density at radius 2 is 1.64 bits per heavy atom. The van der Waals surface area contributed by atoms with Crippen LogP contribution in [-0.4, -0.2) is 0 Å². The van der Waals surface area contributed by atoms with Crippen molar-refractivity contribution in [1.29, 1.82) is 0 Å². The lowest BCUT2D eigenvalue weighted by molar-refractivity contribution is 0.329. The second kappa shape index (κ2) is 2.50. The van der Waals surface area contributed by atoms with Crippen molar-refractivity contribution in [1.82, 2.24) is 0 Å². The van der Waals surface area contributed by atoms with Crippen LogP contribution >= 0.6 is 27.5 Å². The van der Waals surface area contributed by atoms with E-state index < -0.39 is 0 Å². The highest BCUT2D eigenvalue weighted by Crippen LogP contribution is 2.56. The molecule has 0 saturated heterocycles. The Kier molecular flexibility index (Phi) is 2.18. The highest BCUT2D eigenvalue weighted by Gasteiger charge is 2.42. The molecule has 0 aromatic rings. The van der Waals surface area contributed by atoms with Crippen molar-refractivity contribution < 1.29 is 0 Å². The van der Waals surface area contributed by atoms with E-state index >= 15 is 0 Å². The molecule has 11 heavy (non-hydrogen) atoms. The van der Waals surface area contributed by atoms with E-state index in [4.69, 9.17) is 11.6 Å². The molecule has 0 unspecified atom stereocenters. The Hall–Kier alpha value is 0.510. The Morgan fingerprint density at radius 1 is 1.18 bits per heavy atom. The van der Waals surface area contributed by atoms with Crippen molar-refractivity contribution in [2.45, 2.75) is 34.1 Å². The van der Waals surface area contributed by atoms with E-state index in [1.165, 1.54) is 4.48 Å². The van der Waals surface area contributed by atoms with E-state index in [0.29, 0.717) is 0 Å². The lowest BCUT2D eigenvalue weighted by atomic mass is 9.83. The topological polar surface area (TPSA) is 0 Å². The van der Waals surface area contributed by atoms with Crippen molar-refractivity contribution in [3.63, 3.8) is 0 Å². The molecule has 0 nitrogen and oxygen atoms in total. The second-order valence-electron chi connectivity index (χ2n) is 4.57. The molecule has 0 radical (unpaired) electrons. The molecule has 0 aliphatic heterocycles. The first-order valence-electron chi connectivity index (χ1n) is 3.84. The first-order chi connectivity index (χ1) is 4.77. The zero-order valence-corrected chi connectivity index (χ0v) is 9.80. The van der Waals surface area contributed by atoms with Crippen LogP contribution in [0.15, 0.2) is 9.51 Å². The molecule has 1 aliphatic rings. The van der Waals surface area contributed by atoms with Gasteiger partial charge in [0.15, 0.2) is 0 Å². The molecule has 0 aromatic heterocycles. The second-order valence-corrected chi connectivity index (χ2v) is 5.74. The summed E-state index contributed by atoms with van der Waals surface area (Å²) in [4.78, 5) is 0. The van der Waals surface area contributed by atoms with Crippen molar-refractivity contribution in [3.05, 3.63) is 9.51 Å². The normalized spacial score (nSPS) is 27.8. The summed E-state index contributed by atoms with van der Waals surface area (Å²) in [6.07, 6.45) is 1.12. The molecule has 0 aromatic carbocycles. The van der Waals surface area contributed by atoms with Gasteiger partial charge in [-0.05, 0) is 11.8 Å². The summed E-state index contributed by atoms with van der Waals surface area (Å²) in [6, 6.07) is 0.